The second-order valence-electron chi connectivity index (χ2n) is 10.4. The van der Waals surface area contributed by atoms with Crippen LogP contribution in [0.3, 0.4) is 0 Å². The molecule has 0 aliphatic heterocycles. The summed E-state index contributed by atoms with van der Waals surface area (Å²) in [6.07, 6.45) is 8.61. The van der Waals surface area contributed by atoms with Gasteiger partial charge in [0.1, 0.15) is 5.75 Å². The Labute approximate surface area is 252 Å². The molecule has 0 amide bonds. The van der Waals surface area contributed by atoms with Gasteiger partial charge in [-0.25, -0.2) is 0 Å². The van der Waals surface area contributed by atoms with Crippen molar-refractivity contribution in [3.05, 3.63) is 76.9 Å². The Bertz CT molecular complexity index is 1200. The van der Waals surface area contributed by atoms with E-state index in [1.165, 1.54) is 47.9 Å². The number of rotatable bonds is 21. The van der Waals surface area contributed by atoms with Gasteiger partial charge in [-0.15, -0.1) is 0 Å². The van der Waals surface area contributed by atoms with Crippen LogP contribution in [0.25, 0.3) is 0 Å². The highest BCUT2D eigenvalue weighted by Crippen LogP contribution is 2.35. The minimum Gasteiger partial charge on any atom is -0.497 e. The van der Waals surface area contributed by atoms with Crippen molar-refractivity contribution in [2.75, 3.05) is 61.7 Å². The minimum absolute atomic E-state index is 0.773. The summed E-state index contributed by atoms with van der Waals surface area (Å²) in [5, 5.41) is 7.20. The minimum atomic E-state index is 0.773. The summed E-state index contributed by atoms with van der Waals surface area (Å²) >= 11 is 0. The summed E-state index contributed by atoms with van der Waals surface area (Å²) in [5.41, 5.74) is 5.03. The van der Waals surface area contributed by atoms with Crippen molar-refractivity contribution in [2.45, 2.75) is 51.4 Å². The SMILES string of the molecule is COc1cccc(CCc2c(CCNCCCCCCNCCc3ccc(OC)c(OC)c3)ccc(OC)c2OC)c1. The van der Waals surface area contributed by atoms with Crippen LogP contribution in [0.15, 0.2) is 54.6 Å². The Kier molecular flexibility index (Phi) is 14.9. The van der Waals surface area contributed by atoms with Crippen molar-refractivity contribution in [2.24, 2.45) is 0 Å². The van der Waals surface area contributed by atoms with Crippen LogP contribution in [0.1, 0.15) is 47.9 Å². The topological polar surface area (TPSA) is 70.2 Å². The van der Waals surface area contributed by atoms with Crippen LogP contribution >= 0.6 is 0 Å². The first-order valence-electron chi connectivity index (χ1n) is 15.1. The molecule has 2 N–H and O–H groups in total. The molecular weight excluding hydrogens is 528 g/mol. The van der Waals surface area contributed by atoms with E-state index >= 15 is 0 Å². The van der Waals surface area contributed by atoms with Gasteiger partial charge in [0.05, 0.1) is 35.5 Å². The van der Waals surface area contributed by atoms with Crippen molar-refractivity contribution in [1.82, 2.24) is 10.6 Å². The summed E-state index contributed by atoms with van der Waals surface area (Å²) in [6.45, 7) is 4.01. The van der Waals surface area contributed by atoms with E-state index in [-0.39, 0.29) is 0 Å². The summed E-state index contributed by atoms with van der Waals surface area (Å²) in [5.74, 6) is 4.07. The van der Waals surface area contributed by atoms with E-state index in [1.807, 2.05) is 24.3 Å². The molecule has 0 saturated heterocycles. The van der Waals surface area contributed by atoms with Gasteiger partial charge in [-0.2, -0.15) is 0 Å². The maximum atomic E-state index is 5.80. The molecule has 0 fully saturated rings. The van der Waals surface area contributed by atoms with Gasteiger partial charge in [0.25, 0.3) is 0 Å². The summed E-state index contributed by atoms with van der Waals surface area (Å²) < 4.78 is 27.5. The summed E-state index contributed by atoms with van der Waals surface area (Å²) in [6, 6.07) is 18.6. The molecule has 0 bridgehead atoms. The van der Waals surface area contributed by atoms with Crippen LogP contribution in [-0.2, 0) is 25.7 Å². The second kappa shape index (κ2) is 18.9. The molecule has 0 saturated carbocycles. The third-order valence-corrected chi connectivity index (χ3v) is 7.61. The third kappa shape index (κ3) is 10.4. The Morgan fingerprint density at radius 1 is 0.500 bits per heavy atom. The number of methoxy groups -OCH3 is 5. The molecule has 0 aromatic heterocycles. The Hall–Kier alpha value is -3.42. The highest BCUT2D eigenvalue weighted by molar-refractivity contribution is 5.51. The van der Waals surface area contributed by atoms with Crippen molar-refractivity contribution >= 4 is 0 Å². The quantitative estimate of drug-likeness (QED) is 0.149. The molecule has 3 aromatic rings. The monoisotopic (exact) mass is 578 g/mol. The number of ether oxygens (including phenoxy) is 5. The Morgan fingerprint density at radius 3 is 1.83 bits per heavy atom. The molecule has 42 heavy (non-hydrogen) atoms. The maximum absolute atomic E-state index is 5.80. The van der Waals surface area contributed by atoms with Crippen LogP contribution in [0.5, 0.6) is 28.7 Å². The van der Waals surface area contributed by atoms with Gasteiger partial charge < -0.3 is 34.3 Å². The smallest absolute Gasteiger partial charge is 0.164 e. The summed E-state index contributed by atoms with van der Waals surface area (Å²) in [7, 11) is 8.47. The van der Waals surface area contributed by atoms with E-state index in [4.69, 9.17) is 23.7 Å². The highest BCUT2D eigenvalue weighted by Gasteiger charge is 2.15. The van der Waals surface area contributed by atoms with Crippen molar-refractivity contribution < 1.29 is 23.7 Å². The van der Waals surface area contributed by atoms with Gasteiger partial charge in [-0.1, -0.05) is 37.1 Å². The van der Waals surface area contributed by atoms with Crippen LogP contribution in [-0.4, -0.2) is 61.7 Å². The standard InChI is InChI=1S/C35H50N2O5/c1-38-30-12-10-11-27(25-30)13-16-31-29(15-18-33(40-3)35(31)42-5)20-24-37-22-9-7-6-8-21-36-23-19-28-14-17-32(39-2)34(26-28)41-4/h10-12,14-15,17-18,25-26,36-37H,6-9,13,16,19-24H2,1-5H3. The zero-order chi connectivity index (χ0) is 30.0. The Balaban J connectivity index is 1.32. The van der Waals surface area contributed by atoms with Crippen molar-refractivity contribution in [1.29, 1.82) is 0 Å². The number of hydrogen-bond acceptors (Lipinski definition) is 7. The van der Waals surface area contributed by atoms with Crippen molar-refractivity contribution in [3.63, 3.8) is 0 Å². The fourth-order valence-electron chi connectivity index (χ4n) is 5.23. The molecule has 0 radical (unpaired) electrons. The zero-order valence-corrected chi connectivity index (χ0v) is 26.2. The Morgan fingerprint density at radius 2 is 1.17 bits per heavy atom. The van der Waals surface area contributed by atoms with Gasteiger partial charge in [0.15, 0.2) is 23.0 Å². The number of nitrogens with one attached hydrogen (secondary N) is 2. The number of aryl methyl sites for hydroxylation is 1. The number of hydrogen-bond donors (Lipinski definition) is 2. The third-order valence-electron chi connectivity index (χ3n) is 7.61. The van der Waals surface area contributed by atoms with E-state index in [1.54, 1.807) is 35.5 Å². The van der Waals surface area contributed by atoms with E-state index in [2.05, 4.69) is 41.0 Å². The van der Waals surface area contributed by atoms with Crippen molar-refractivity contribution in [3.8, 4) is 28.7 Å². The van der Waals surface area contributed by atoms with Gasteiger partial charge in [0, 0.05) is 5.56 Å². The molecule has 230 valence electrons. The van der Waals surface area contributed by atoms with Gasteiger partial charge in [0.2, 0.25) is 0 Å². The van der Waals surface area contributed by atoms with Crippen LogP contribution in [0.4, 0.5) is 0 Å². The first-order valence-corrected chi connectivity index (χ1v) is 15.1. The van der Waals surface area contributed by atoms with Gasteiger partial charge in [-0.3, -0.25) is 0 Å². The maximum Gasteiger partial charge on any atom is 0.164 e. The van der Waals surface area contributed by atoms with Crippen LogP contribution < -0.4 is 34.3 Å². The van der Waals surface area contributed by atoms with Gasteiger partial charge in [-0.05, 0) is 112 Å². The molecule has 0 aliphatic rings. The lowest BCUT2D eigenvalue weighted by Crippen LogP contribution is -2.20. The second-order valence-corrected chi connectivity index (χ2v) is 10.4. The molecule has 0 unspecified atom stereocenters. The zero-order valence-electron chi connectivity index (χ0n) is 26.2. The first kappa shape index (κ1) is 33.1. The van der Waals surface area contributed by atoms with E-state index < -0.39 is 0 Å². The molecule has 0 spiro atoms. The largest absolute Gasteiger partial charge is 0.497 e. The fourth-order valence-corrected chi connectivity index (χ4v) is 5.23. The van der Waals surface area contributed by atoms with Crippen LogP contribution in [0.2, 0.25) is 0 Å². The van der Waals surface area contributed by atoms with E-state index in [0.717, 1.165) is 80.6 Å². The average molecular weight is 579 g/mol. The molecule has 0 aliphatic carbocycles. The molecule has 7 nitrogen and oxygen atoms in total. The highest BCUT2D eigenvalue weighted by atomic mass is 16.5. The number of benzene rings is 3. The predicted molar refractivity (Wildman–Crippen MR) is 171 cm³/mol. The van der Waals surface area contributed by atoms with Gasteiger partial charge >= 0.3 is 0 Å². The number of unbranched alkanes of at least 4 members (excludes halogenated alkanes) is 3. The molecular formula is C35H50N2O5. The average Bonchev–Trinajstić information content (AvgIpc) is 3.03. The first-order chi connectivity index (χ1) is 20.6. The van der Waals surface area contributed by atoms with Crippen LogP contribution in [0, 0.1) is 0 Å². The van der Waals surface area contributed by atoms with E-state index in [0.29, 0.717) is 0 Å². The normalized spacial score (nSPS) is 10.9. The molecule has 0 atom stereocenters. The summed E-state index contributed by atoms with van der Waals surface area (Å²) in [4.78, 5) is 0. The predicted octanol–water partition coefficient (Wildman–Crippen LogP) is 6.04. The molecule has 0 heterocycles. The molecule has 3 aromatic carbocycles. The molecule has 7 heteroatoms. The lowest BCUT2D eigenvalue weighted by atomic mass is 9.96. The fraction of sp³-hybridized carbons (Fsp3) is 0.486. The lowest BCUT2D eigenvalue weighted by molar-refractivity contribution is 0.351. The van der Waals surface area contributed by atoms with E-state index in [9.17, 15) is 0 Å². The lowest BCUT2D eigenvalue weighted by Gasteiger charge is -2.17. The molecule has 3 rings (SSSR count).